The molecular weight excluding hydrogens is 264 g/mol. The van der Waals surface area contributed by atoms with Crippen LogP contribution in [0, 0.1) is 0 Å². The van der Waals surface area contributed by atoms with Crippen LogP contribution in [0.1, 0.15) is 53.4 Å². The van der Waals surface area contributed by atoms with Gasteiger partial charge in [-0.1, -0.05) is 64.8 Å². The van der Waals surface area contributed by atoms with E-state index in [9.17, 15) is 0 Å². The summed E-state index contributed by atoms with van der Waals surface area (Å²) in [5.74, 6) is 0. The van der Waals surface area contributed by atoms with Crippen LogP contribution in [-0.4, -0.2) is 16.6 Å². The summed E-state index contributed by atoms with van der Waals surface area (Å²) in [7, 11) is -3.49. The SMILES string of the molecule is C=C[Si](CCC)(CCC)O[Si](C=C)(CCC)CCC. The highest BCUT2D eigenvalue weighted by molar-refractivity contribution is 6.91. The van der Waals surface area contributed by atoms with Gasteiger partial charge in [-0.15, -0.1) is 13.2 Å². The number of rotatable bonds is 12. The predicted molar refractivity (Wildman–Crippen MR) is 93.4 cm³/mol. The van der Waals surface area contributed by atoms with Crippen LogP contribution in [0.25, 0.3) is 0 Å². The first-order valence-corrected chi connectivity index (χ1v) is 12.8. The molecule has 0 N–H and O–H groups in total. The minimum absolute atomic E-state index is 1.21. The molecular formula is C16H34OSi2. The highest BCUT2D eigenvalue weighted by Crippen LogP contribution is 2.32. The maximum atomic E-state index is 6.93. The third-order valence-electron chi connectivity index (χ3n) is 3.84. The van der Waals surface area contributed by atoms with Gasteiger partial charge < -0.3 is 4.12 Å². The second kappa shape index (κ2) is 9.73. The second-order valence-electron chi connectivity index (χ2n) is 5.64. The summed E-state index contributed by atoms with van der Waals surface area (Å²) in [6.45, 7) is 17.3. The highest BCUT2D eigenvalue weighted by Gasteiger charge is 2.40. The highest BCUT2D eigenvalue weighted by atomic mass is 28.4. The van der Waals surface area contributed by atoms with Gasteiger partial charge in [-0.2, -0.15) is 0 Å². The van der Waals surface area contributed by atoms with Gasteiger partial charge in [-0.25, -0.2) is 0 Å². The summed E-state index contributed by atoms with van der Waals surface area (Å²) >= 11 is 0. The van der Waals surface area contributed by atoms with Crippen LogP contribution >= 0.6 is 0 Å². The summed E-state index contributed by atoms with van der Waals surface area (Å²) in [4.78, 5) is 0. The fourth-order valence-electron chi connectivity index (χ4n) is 3.04. The van der Waals surface area contributed by atoms with Gasteiger partial charge in [0.2, 0.25) is 16.6 Å². The molecule has 0 atom stereocenters. The zero-order valence-corrected chi connectivity index (χ0v) is 15.6. The van der Waals surface area contributed by atoms with Gasteiger partial charge in [-0.05, 0) is 24.2 Å². The van der Waals surface area contributed by atoms with E-state index in [1.54, 1.807) is 0 Å². The van der Waals surface area contributed by atoms with Crippen LogP contribution in [-0.2, 0) is 4.12 Å². The van der Waals surface area contributed by atoms with Crippen molar-refractivity contribution in [1.82, 2.24) is 0 Å². The van der Waals surface area contributed by atoms with Crippen LogP contribution in [0.15, 0.2) is 24.6 Å². The van der Waals surface area contributed by atoms with Crippen molar-refractivity contribution >= 4 is 16.6 Å². The van der Waals surface area contributed by atoms with E-state index in [4.69, 9.17) is 4.12 Å². The van der Waals surface area contributed by atoms with Crippen molar-refractivity contribution in [3.63, 3.8) is 0 Å². The first kappa shape index (κ1) is 18.9. The van der Waals surface area contributed by atoms with Crippen LogP contribution < -0.4 is 0 Å². The van der Waals surface area contributed by atoms with Gasteiger partial charge in [-0.3, -0.25) is 0 Å². The molecule has 0 aliphatic heterocycles. The van der Waals surface area contributed by atoms with E-state index in [2.05, 4.69) is 52.3 Å². The molecule has 0 bridgehead atoms. The minimum Gasteiger partial charge on any atom is -0.449 e. The lowest BCUT2D eigenvalue weighted by molar-refractivity contribution is 0.522. The van der Waals surface area contributed by atoms with E-state index >= 15 is 0 Å². The van der Waals surface area contributed by atoms with E-state index in [-0.39, 0.29) is 0 Å². The molecule has 0 unspecified atom stereocenters. The largest absolute Gasteiger partial charge is 0.449 e. The molecule has 0 saturated carbocycles. The normalized spacial score (nSPS) is 12.4. The zero-order valence-electron chi connectivity index (χ0n) is 13.6. The monoisotopic (exact) mass is 298 g/mol. The average Bonchev–Trinajstić information content (AvgIpc) is 2.39. The fraction of sp³-hybridized carbons (Fsp3) is 0.750. The zero-order chi connectivity index (χ0) is 14.8. The van der Waals surface area contributed by atoms with Crippen molar-refractivity contribution in [1.29, 1.82) is 0 Å². The van der Waals surface area contributed by atoms with Gasteiger partial charge in [0.15, 0.2) is 0 Å². The van der Waals surface area contributed by atoms with E-state index < -0.39 is 16.6 Å². The Bertz CT molecular complexity index is 225. The van der Waals surface area contributed by atoms with E-state index in [0.717, 1.165) is 0 Å². The first-order chi connectivity index (χ1) is 9.07. The Kier molecular flexibility index (Phi) is 9.66. The lowest BCUT2D eigenvalue weighted by Gasteiger charge is -2.39. The van der Waals surface area contributed by atoms with E-state index in [1.807, 2.05) is 0 Å². The van der Waals surface area contributed by atoms with Crippen LogP contribution in [0.2, 0.25) is 24.2 Å². The molecule has 3 heteroatoms. The van der Waals surface area contributed by atoms with Crippen molar-refractivity contribution in [2.24, 2.45) is 0 Å². The van der Waals surface area contributed by atoms with Crippen LogP contribution in [0.3, 0.4) is 0 Å². The van der Waals surface area contributed by atoms with Gasteiger partial charge in [0.25, 0.3) is 0 Å². The number of hydrogen-bond donors (Lipinski definition) is 0. The van der Waals surface area contributed by atoms with Gasteiger partial charge in [0, 0.05) is 0 Å². The predicted octanol–water partition coefficient (Wildman–Crippen LogP) is 5.98. The molecule has 0 aromatic heterocycles. The number of hydrogen-bond acceptors (Lipinski definition) is 1. The van der Waals surface area contributed by atoms with Crippen molar-refractivity contribution in [3.05, 3.63) is 24.6 Å². The standard InChI is InChI=1S/C16H34OSi2/c1-7-13-18(11-5,14-8-2)17-19(12-6,15-9-3)16-10-4/h11-12H,5-10,13-16H2,1-4H3. The third-order valence-corrected chi connectivity index (χ3v) is 14.0. The Morgan fingerprint density at radius 1 is 0.684 bits per heavy atom. The molecule has 1 nitrogen and oxygen atoms in total. The van der Waals surface area contributed by atoms with Gasteiger partial charge in [0.05, 0.1) is 0 Å². The maximum absolute atomic E-state index is 6.93. The van der Waals surface area contributed by atoms with Crippen molar-refractivity contribution < 1.29 is 4.12 Å². The molecule has 0 fully saturated rings. The molecule has 112 valence electrons. The van der Waals surface area contributed by atoms with Crippen LogP contribution in [0.5, 0.6) is 0 Å². The molecule has 0 aromatic rings. The average molecular weight is 299 g/mol. The van der Waals surface area contributed by atoms with E-state index in [1.165, 1.54) is 49.9 Å². The summed E-state index contributed by atoms with van der Waals surface area (Å²) in [6, 6.07) is 4.89. The summed E-state index contributed by atoms with van der Waals surface area (Å²) < 4.78 is 6.93. The minimum atomic E-state index is -1.75. The van der Waals surface area contributed by atoms with Crippen molar-refractivity contribution in [3.8, 4) is 0 Å². The fourth-order valence-corrected chi connectivity index (χ4v) is 13.3. The quantitative estimate of drug-likeness (QED) is 0.402. The Balaban J connectivity index is 5.19. The summed E-state index contributed by atoms with van der Waals surface area (Å²) in [5, 5.41) is 0. The molecule has 0 saturated heterocycles. The summed E-state index contributed by atoms with van der Waals surface area (Å²) in [6.07, 6.45) is 4.83. The van der Waals surface area contributed by atoms with E-state index in [0.29, 0.717) is 0 Å². The Labute approximate surface area is 123 Å². The first-order valence-electron chi connectivity index (χ1n) is 8.04. The maximum Gasteiger partial charge on any atom is 0.204 e. The molecule has 0 amide bonds. The Hall–Kier alpha value is -0.126. The lowest BCUT2D eigenvalue weighted by Crippen LogP contribution is -2.49. The molecule has 0 rings (SSSR count). The molecule has 0 aromatic carbocycles. The van der Waals surface area contributed by atoms with Crippen LogP contribution in [0.4, 0.5) is 0 Å². The molecule has 19 heavy (non-hydrogen) atoms. The third kappa shape index (κ3) is 5.80. The molecule has 0 heterocycles. The topological polar surface area (TPSA) is 9.23 Å². The smallest absolute Gasteiger partial charge is 0.204 e. The summed E-state index contributed by atoms with van der Waals surface area (Å²) in [5.41, 5.74) is 4.41. The van der Waals surface area contributed by atoms with Crippen molar-refractivity contribution in [2.75, 3.05) is 0 Å². The Morgan fingerprint density at radius 3 is 1.11 bits per heavy atom. The lowest BCUT2D eigenvalue weighted by atomic mass is 10.6. The Morgan fingerprint density at radius 2 is 0.947 bits per heavy atom. The van der Waals surface area contributed by atoms with Gasteiger partial charge in [0.1, 0.15) is 0 Å². The van der Waals surface area contributed by atoms with Crippen molar-refractivity contribution in [2.45, 2.75) is 77.6 Å². The van der Waals surface area contributed by atoms with Gasteiger partial charge >= 0.3 is 0 Å². The molecule has 0 aliphatic rings. The molecule has 0 aliphatic carbocycles. The molecule has 0 spiro atoms. The molecule has 0 radical (unpaired) electrons. The second-order valence-corrected chi connectivity index (χ2v) is 13.5.